The molecular weight excluding hydrogens is 408 g/mol. The molecule has 7 heteroatoms. The maximum absolute atomic E-state index is 12.9. The summed E-state index contributed by atoms with van der Waals surface area (Å²) >= 11 is 0. The van der Waals surface area contributed by atoms with Crippen LogP contribution in [0.2, 0.25) is 0 Å². The van der Waals surface area contributed by atoms with Crippen LogP contribution in [0.3, 0.4) is 0 Å². The van der Waals surface area contributed by atoms with Crippen LogP contribution in [0.1, 0.15) is 18.1 Å². The minimum atomic E-state index is -0.228. The van der Waals surface area contributed by atoms with Crippen LogP contribution in [0.5, 0.6) is 0 Å². The van der Waals surface area contributed by atoms with Gasteiger partial charge in [-0.1, -0.05) is 12.1 Å². The van der Waals surface area contributed by atoms with Gasteiger partial charge in [0.25, 0.3) is 0 Å². The minimum Gasteiger partial charge on any atom is -0.357 e. The van der Waals surface area contributed by atoms with Crippen LogP contribution in [0, 0.1) is 5.82 Å². The van der Waals surface area contributed by atoms with Crippen molar-refractivity contribution in [1.29, 1.82) is 0 Å². The molecule has 5 nitrogen and oxygen atoms in total. The van der Waals surface area contributed by atoms with Crippen LogP contribution in [0.25, 0.3) is 0 Å². The SMILES string of the molecule is CCNC(=NCc1ccc(F)cc1)NCCc1cnn(C)c1.I. The normalized spacial score (nSPS) is 11.0. The Kier molecular flexibility index (Phi) is 8.60. The molecule has 1 heterocycles. The highest BCUT2D eigenvalue weighted by Gasteiger charge is 2.00. The second kappa shape index (κ2) is 10.2. The third kappa shape index (κ3) is 6.98. The number of hydrogen-bond donors (Lipinski definition) is 2. The van der Waals surface area contributed by atoms with E-state index in [1.165, 1.54) is 17.7 Å². The highest BCUT2D eigenvalue weighted by molar-refractivity contribution is 14.0. The van der Waals surface area contributed by atoms with Crippen molar-refractivity contribution < 1.29 is 4.39 Å². The van der Waals surface area contributed by atoms with Crippen molar-refractivity contribution in [3.63, 3.8) is 0 Å². The van der Waals surface area contributed by atoms with Gasteiger partial charge in [0.15, 0.2) is 5.96 Å². The summed E-state index contributed by atoms with van der Waals surface area (Å²) in [6.45, 7) is 4.11. The van der Waals surface area contributed by atoms with E-state index in [0.29, 0.717) is 6.54 Å². The van der Waals surface area contributed by atoms with Gasteiger partial charge in [0, 0.05) is 26.3 Å². The second-order valence-corrected chi connectivity index (χ2v) is 5.02. The van der Waals surface area contributed by atoms with Gasteiger partial charge in [0.1, 0.15) is 5.82 Å². The molecule has 1 aromatic heterocycles. The molecule has 0 saturated carbocycles. The van der Waals surface area contributed by atoms with Gasteiger partial charge in [-0.25, -0.2) is 9.38 Å². The molecule has 0 spiro atoms. The number of benzene rings is 1. The largest absolute Gasteiger partial charge is 0.357 e. The van der Waals surface area contributed by atoms with Crippen molar-refractivity contribution in [3.05, 3.63) is 53.6 Å². The summed E-state index contributed by atoms with van der Waals surface area (Å²) < 4.78 is 14.7. The first-order valence-corrected chi connectivity index (χ1v) is 7.41. The van der Waals surface area contributed by atoms with Crippen LogP contribution in [0.4, 0.5) is 4.39 Å². The van der Waals surface area contributed by atoms with Crippen LogP contribution >= 0.6 is 24.0 Å². The number of aryl methyl sites for hydroxylation is 1. The fourth-order valence-corrected chi connectivity index (χ4v) is 2.03. The Morgan fingerprint density at radius 2 is 1.96 bits per heavy atom. The number of nitrogens with zero attached hydrogens (tertiary/aromatic N) is 3. The van der Waals surface area contributed by atoms with Crippen LogP contribution in [-0.4, -0.2) is 28.8 Å². The molecule has 2 aromatic rings. The minimum absolute atomic E-state index is 0. The number of hydrogen-bond acceptors (Lipinski definition) is 2. The van der Waals surface area contributed by atoms with E-state index < -0.39 is 0 Å². The average molecular weight is 431 g/mol. The van der Waals surface area contributed by atoms with Gasteiger partial charge in [-0.05, 0) is 36.6 Å². The van der Waals surface area contributed by atoms with Crippen LogP contribution in [0.15, 0.2) is 41.7 Å². The third-order valence-corrected chi connectivity index (χ3v) is 3.14. The first kappa shape index (κ1) is 19.4. The van der Waals surface area contributed by atoms with Gasteiger partial charge in [-0.2, -0.15) is 5.10 Å². The molecule has 23 heavy (non-hydrogen) atoms. The molecule has 0 fully saturated rings. The Labute approximate surface area is 153 Å². The van der Waals surface area contributed by atoms with Gasteiger partial charge in [-0.3, -0.25) is 4.68 Å². The Bertz CT molecular complexity index is 609. The number of rotatable bonds is 6. The lowest BCUT2D eigenvalue weighted by atomic mass is 10.2. The summed E-state index contributed by atoms with van der Waals surface area (Å²) in [4.78, 5) is 4.50. The number of nitrogens with one attached hydrogen (secondary N) is 2. The monoisotopic (exact) mass is 431 g/mol. The Morgan fingerprint density at radius 1 is 1.22 bits per heavy atom. The van der Waals surface area contributed by atoms with Gasteiger partial charge < -0.3 is 10.6 Å². The molecule has 0 aliphatic rings. The maximum Gasteiger partial charge on any atom is 0.191 e. The summed E-state index contributed by atoms with van der Waals surface area (Å²) in [5.74, 6) is 0.532. The fourth-order valence-electron chi connectivity index (χ4n) is 2.03. The summed E-state index contributed by atoms with van der Waals surface area (Å²) in [5.41, 5.74) is 2.16. The number of aromatic nitrogens is 2. The summed E-state index contributed by atoms with van der Waals surface area (Å²) in [6, 6.07) is 6.40. The molecule has 2 rings (SSSR count). The second-order valence-electron chi connectivity index (χ2n) is 5.02. The number of guanidine groups is 1. The predicted molar refractivity (Wildman–Crippen MR) is 102 cm³/mol. The zero-order valence-corrected chi connectivity index (χ0v) is 15.8. The highest BCUT2D eigenvalue weighted by atomic mass is 127. The van der Waals surface area contributed by atoms with Gasteiger partial charge >= 0.3 is 0 Å². The van der Waals surface area contributed by atoms with E-state index in [2.05, 4.69) is 20.7 Å². The predicted octanol–water partition coefficient (Wildman–Crippen LogP) is 2.48. The average Bonchev–Trinajstić information content (AvgIpc) is 2.92. The van der Waals surface area contributed by atoms with E-state index >= 15 is 0 Å². The van der Waals surface area contributed by atoms with E-state index in [1.807, 2.05) is 26.4 Å². The molecule has 1 aromatic carbocycles. The van der Waals surface area contributed by atoms with Crippen LogP contribution in [-0.2, 0) is 20.0 Å². The lowest BCUT2D eigenvalue weighted by Crippen LogP contribution is -2.38. The molecule has 0 unspecified atom stereocenters. The summed E-state index contributed by atoms with van der Waals surface area (Å²) in [5, 5.41) is 10.6. The van der Waals surface area contributed by atoms with Crippen molar-refractivity contribution in [2.45, 2.75) is 19.9 Å². The summed E-state index contributed by atoms with van der Waals surface area (Å²) in [7, 11) is 1.91. The van der Waals surface area contributed by atoms with E-state index in [4.69, 9.17) is 0 Å². The fraction of sp³-hybridized carbons (Fsp3) is 0.375. The first-order valence-electron chi connectivity index (χ1n) is 7.41. The molecule has 0 amide bonds. The molecule has 0 atom stereocenters. The quantitative estimate of drug-likeness (QED) is 0.420. The lowest BCUT2D eigenvalue weighted by molar-refractivity contribution is 0.627. The molecule has 0 saturated heterocycles. The number of halogens is 2. The zero-order chi connectivity index (χ0) is 15.8. The van der Waals surface area contributed by atoms with E-state index in [9.17, 15) is 4.39 Å². The van der Waals surface area contributed by atoms with E-state index in [1.54, 1.807) is 16.8 Å². The number of aliphatic imine (C=N–C) groups is 1. The standard InChI is InChI=1S/C16H22FN5.HI/c1-3-18-16(19-9-8-14-11-21-22(2)12-14)20-10-13-4-6-15(17)7-5-13;/h4-7,11-12H,3,8-10H2,1-2H3,(H2,18,19,20);1H. The van der Waals surface area contributed by atoms with Crippen molar-refractivity contribution in [1.82, 2.24) is 20.4 Å². The van der Waals surface area contributed by atoms with Crippen molar-refractivity contribution >= 4 is 29.9 Å². The Hall–Kier alpha value is -1.64. The molecule has 0 aliphatic carbocycles. The molecule has 0 radical (unpaired) electrons. The maximum atomic E-state index is 12.9. The van der Waals surface area contributed by atoms with Gasteiger partial charge in [0.2, 0.25) is 0 Å². The summed E-state index contributed by atoms with van der Waals surface area (Å²) in [6.07, 6.45) is 4.75. The van der Waals surface area contributed by atoms with E-state index in [-0.39, 0.29) is 29.8 Å². The van der Waals surface area contributed by atoms with Crippen molar-refractivity contribution in [2.75, 3.05) is 13.1 Å². The first-order chi connectivity index (χ1) is 10.7. The van der Waals surface area contributed by atoms with Gasteiger partial charge in [-0.15, -0.1) is 24.0 Å². The topological polar surface area (TPSA) is 54.2 Å². The zero-order valence-electron chi connectivity index (χ0n) is 13.4. The van der Waals surface area contributed by atoms with Gasteiger partial charge in [0.05, 0.1) is 12.7 Å². The van der Waals surface area contributed by atoms with Crippen molar-refractivity contribution in [2.24, 2.45) is 12.0 Å². The molecule has 2 N–H and O–H groups in total. The smallest absolute Gasteiger partial charge is 0.191 e. The molecule has 0 aliphatic heterocycles. The highest BCUT2D eigenvalue weighted by Crippen LogP contribution is 2.03. The van der Waals surface area contributed by atoms with Crippen LogP contribution < -0.4 is 10.6 Å². The Balaban J connectivity index is 0.00000264. The third-order valence-electron chi connectivity index (χ3n) is 3.14. The molecular formula is C16H23FIN5. The molecule has 126 valence electrons. The van der Waals surface area contributed by atoms with E-state index in [0.717, 1.165) is 31.0 Å². The van der Waals surface area contributed by atoms with Crippen molar-refractivity contribution in [3.8, 4) is 0 Å². The molecule has 0 bridgehead atoms. The lowest BCUT2D eigenvalue weighted by Gasteiger charge is -2.10. The Morgan fingerprint density at radius 3 is 2.57 bits per heavy atom.